The molecule has 0 spiro atoms. The predicted octanol–water partition coefficient (Wildman–Crippen LogP) is 1.98. The lowest BCUT2D eigenvalue weighted by Crippen LogP contribution is -2.57. The van der Waals surface area contributed by atoms with E-state index in [-0.39, 0.29) is 23.7 Å². The molecule has 1 saturated heterocycles. The largest absolute Gasteiger partial charge is 0.333 e. The lowest BCUT2D eigenvalue weighted by molar-refractivity contribution is -0.385. The molecule has 1 aliphatic rings. The molecule has 6 nitrogen and oxygen atoms in total. The monoisotopic (exact) mass is 291 g/mol. The van der Waals surface area contributed by atoms with Crippen molar-refractivity contribution in [2.24, 2.45) is 0 Å². The highest BCUT2D eigenvalue weighted by molar-refractivity contribution is 5.95. The van der Waals surface area contributed by atoms with E-state index in [9.17, 15) is 14.9 Å². The van der Waals surface area contributed by atoms with Crippen LogP contribution in [0.1, 0.15) is 36.7 Å². The van der Waals surface area contributed by atoms with Crippen LogP contribution in [-0.2, 0) is 6.42 Å². The van der Waals surface area contributed by atoms with Gasteiger partial charge in [0.25, 0.3) is 11.6 Å². The van der Waals surface area contributed by atoms with E-state index in [0.29, 0.717) is 24.1 Å². The van der Waals surface area contributed by atoms with Crippen molar-refractivity contribution in [2.75, 3.05) is 13.1 Å². The number of nitrogens with zero attached hydrogens (tertiary/aromatic N) is 2. The average molecular weight is 291 g/mol. The Morgan fingerprint density at radius 3 is 2.81 bits per heavy atom. The van der Waals surface area contributed by atoms with Crippen molar-refractivity contribution in [2.45, 2.75) is 39.3 Å². The number of benzene rings is 1. The first-order chi connectivity index (χ1) is 9.95. The molecular formula is C15H21N3O3. The molecule has 0 saturated carbocycles. The molecule has 0 radical (unpaired) electrons. The number of carbonyl (C=O) groups is 1. The smallest absolute Gasteiger partial charge is 0.273 e. The molecule has 1 aromatic rings. The number of nitrogens with one attached hydrogen (secondary N) is 1. The van der Waals surface area contributed by atoms with E-state index >= 15 is 0 Å². The fourth-order valence-electron chi connectivity index (χ4n) is 2.67. The molecule has 114 valence electrons. The molecule has 2 atom stereocenters. The van der Waals surface area contributed by atoms with E-state index in [4.69, 9.17) is 0 Å². The third-order valence-electron chi connectivity index (χ3n) is 4.20. The van der Waals surface area contributed by atoms with Crippen LogP contribution in [0.25, 0.3) is 0 Å². The Morgan fingerprint density at radius 1 is 1.48 bits per heavy atom. The van der Waals surface area contributed by atoms with Crippen molar-refractivity contribution >= 4 is 11.6 Å². The van der Waals surface area contributed by atoms with Crippen LogP contribution in [0.5, 0.6) is 0 Å². The summed E-state index contributed by atoms with van der Waals surface area (Å²) in [5, 5.41) is 14.4. The number of hydrogen-bond donors (Lipinski definition) is 1. The van der Waals surface area contributed by atoms with Crippen LogP contribution >= 0.6 is 0 Å². The molecule has 6 heteroatoms. The van der Waals surface area contributed by atoms with E-state index in [0.717, 1.165) is 6.54 Å². The van der Waals surface area contributed by atoms with Gasteiger partial charge in [0.2, 0.25) is 0 Å². The Hall–Kier alpha value is -1.95. The molecule has 1 N–H and O–H groups in total. The summed E-state index contributed by atoms with van der Waals surface area (Å²) >= 11 is 0. The molecule has 0 bridgehead atoms. The maximum atomic E-state index is 12.6. The minimum absolute atomic E-state index is 0.0270. The SMILES string of the molecule is CCc1ccc(C(=O)N2CCNC(C)C2C)cc1[N+](=O)[O-]. The van der Waals surface area contributed by atoms with Crippen LogP contribution in [0, 0.1) is 10.1 Å². The third kappa shape index (κ3) is 3.05. The number of piperazine rings is 1. The van der Waals surface area contributed by atoms with Crippen molar-refractivity contribution in [3.8, 4) is 0 Å². The summed E-state index contributed by atoms with van der Waals surface area (Å²) in [6.07, 6.45) is 0.575. The Labute approximate surface area is 124 Å². The number of nitro benzene ring substituents is 1. The average Bonchev–Trinajstić information content (AvgIpc) is 2.48. The second-order valence-corrected chi connectivity index (χ2v) is 5.44. The summed E-state index contributed by atoms with van der Waals surface area (Å²) in [6, 6.07) is 5.05. The highest BCUT2D eigenvalue weighted by Crippen LogP contribution is 2.23. The molecule has 1 heterocycles. The first-order valence-corrected chi connectivity index (χ1v) is 7.27. The van der Waals surface area contributed by atoms with Gasteiger partial charge in [-0.1, -0.05) is 13.0 Å². The zero-order valence-corrected chi connectivity index (χ0v) is 12.6. The highest BCUT2D eigenvalue weighted by Gasteiger charge is 2.29. The fourth-order valence-corrected chi connectivity index (χ4v) is 2.67. The second kappa shape index (κ2) is 6.22. The lowest BCUT2D eigenvalue weighted by atomic mass is 10.0. The number of nitro groups is 1. The number of carbonyl (C=O) groups excluding carboxylic acids is 1. The molecule has 0 aromatic heterocycles. The molecule has 21 heavy (non-hydrogen) atoms. The van der Waals surface area contributed by atoms with Crippen LogP contribution in [0.2, 0.25) is 0 Å². The van der Waals surface area contributed by atoms with Gasteiger partial charge in [0.05, 0.1) is 4.92 Å². The highest BCUT2D eigenvalue weighted by atomic mass is 16.6. The first kappa shape index (κ1) is 15.4. The van der Waals surface area contributed by atoms with Crippen LogP contribution < -0.4 is 5.32 Å². The van der Waals surface area contributed by atoms with Gasteiger partial charge in [-0.15, -0.1) is 0 Å². The van der Waals surface area contributed by atoms with Crippen LogP contribution in [-0.4, -0.2) is 40.9 Å². The Kier molecular flexibility index (Phi) is 4.57. The van der Waals surface area contributed by atoms with E-state index in [1.54, 1.807) is 17.0 Å². The topological polar surface area (TPSA) is 75.5 Å². The van der Waals surface area contributed by atoms with Crippen LogP contribution in [0.4, 0.5) is 5.69 Å². The number of hydrogen-bond acceptors (Lipinski definition) is 4. The predicted molar refractivity (Wildman–Crippen MR) is 80.4 cm³/mol. The molecule has 0 aliphatic carbocycles. The van der Waals surface area contributed by atoms with Crippen molar-refractivity contribution in [3.05, 3.63) is 39.4 Å². The molecule has 1 fully saturated rings. The Bertz CT molecular complexity index is 559. The zero-order valence-electron chi connectivity index (χ0n) is 12.6. The maximum Gasteiger partial charge on any atom is 0.273 e. The quantitative estimate of drug-likeness (QED) is 0.682. The Balaban J connectivity index is 2.31. The summed E-state index contributed by atoms with van der Waals surface area (Å²) in [7, 11) is 0. The van der Waals surface area contributed by atoms with Crippen LogP contribution in [0.3, 0.4) is 0 Å². The van der Waals surface area contributed by atoms with Crippen molar-refractivity contribution < 1.29 is 9.72 Å². The summed E-state index contributed by atoms with van der Waals surface area (Å²) in [6.45, 7) is 7.25. The van der Waals surface area contributed by atoms with E-state index in [1.165, 1.54) is 6.07 Å². The second-order valence-electron chi connectivity index (χ2n) is 5.44. The standard InChI is InChI=1S/C15H21N3O3/c1-4-12-5-6-13(9-14(12)18(20)21)15(19)17-8-7-16-10(2)11(17)3/h5-6,9-11,16H,4,7-8H2,1-3H3. The van der Waals surface area contributed by atoms with Crippen molar-refractivity contribution in [1.29, 1.82) is 0 Å². The van der Waals surface area contributed by atoms with Gasteiger partial charge in [-0.05, 0) is 26.3 Å². The van der Waals surface area contributed by atoms with E-state index in [2.05, 4.69) is 5.32 Å². The fraction of sp³-hybridized carbons (Fsp3) is 0.533. The molecule has 1 amide bonds. The molecule has 1 aromatic carbocycles. The van der Waals surface area contributed by atoms with Gasteiger partial charge >= 0.3 is 0 Å². The molecule has 1 aliphatic heterocycles. The van der Waals surface area contributed by atoms with Crippen molar-refractivity contribution in [3.63, 3.8) is 0 Å². The maximum absolute atomic E-state index is 12.6. The van der Waals surface area contributed by atoms with E-state index in [1.807, 2.05) is 20.8 Å². The van der Waals surface area contributed by atoms with Gasteiger partial charge < -0.3 is 10.2 Å². The molecular weight excluding hydrogens is 270 g/mol. The van der Waals surface area contributed by atoms with Gasteiger partial charge in [0.15, 0.2) is 0 Å². The van der Waals surface area contributed by atoms with Gasteiger partial charge in [0, 0.05) is 42.4 Å². The zero-order chi connectivity index (χ0) is 15.6. The number of aryl methyl sites for hydroxylation is 1. The van der Waals surface area contributed by atoms with Crippen molar-refractivity contribution in [1.82, 2.24) is 10.2 Å². The Morgan fingerprint density at radius 2 is 2.19 bits per heavy atom. The molecule has 2 rings (SSSR count). The van der Waals surface area contributed by atoms with Gasteiger partial charge in [-0.2, -0.15) is 0 Å². The van der Waals surface area contributed by atoms with Gasteiger partial charge in [0.1, 0.15) is 0 Å². The summed E-state index contributed by atoms with van der Waals surface area (Å²) in [4.78, 5) is 25.1. The summed E-state index contributed by atoms with van der Waals surface area (Å²) < 4.78 is 0. The summed E-state index contributed by atoms with van der Waals surface area (Å²) in [5.41, 5.74) is 1.07. The first-order valence-electron chi connectivity index (χ1n) is 7.27. The minimum Gasteiger partial charge on any atom is -0.333 e. The van der Waals surface area contributed by atoms with Gasteiger partial charge in [-0.3, -0.25) is 14.9 Å². The normalized spacial score (nSPS) is 22.1. The number of amides is 1. The minimum atomic E-state index is -0.417. The third-order valence-corrected chi connectivity index (χ3v) is 4.20. The molecule has 2 unspecified atom stereocenters. The van der Waals surface area contributed by atoms with Gasteiger partial charge in [-0.25, -0.2) is 0 Å². The van der Waals surface area contributed by atoms with E-state index < -0.39 is 4.92 Å². The lowest BCUT2D eigenvalue weighted by Gasteiger charge is -2.38. The number of rotatable bonds is 3. The van der Waals surface area contributed by atoms with Crippen LogP contribution in [0.15, 0.2) is 18.2 Å². The summed E-state index contributed by atoms with van der Waals surface area (Å²) in [5.74, 6) is -0.137.